The van der Waals surface area contributed by atoms with Gasteiger partial charge in [-0.1, -0.05) is 19.1 Å². The molecule has 1 saturated heterocycles. The van der Waals surface area contributed by atoms with E-state index in [4.69, 9.17) is 23.7 Å². The molecular weight excluding hydrogens is 578 g/mol. The maximum atomic E-state index is 13.1. The quantitative estimate of drug-likeness (QED) is 0.0882. The summed E-state index contributed by atoms with van der Waals surface area (Å²) in [5.74, 6) is -3.21. The van der Waals surface area contributed by atoms with E-state index in [-0.39, 0.29) is 48.6 Å². The van der Waals surface area contributed by atoms with E-state index in [9.17, 15) is 28.8 Å². The third-order valence-electron chi connectivity index (χ3n) is 6.69. The normalized spacial score (nSPS) is 16.1. The number of anilines is 1. The van der Waals surface area contributed by atoms with E-state index in [0.29, 0.717) is 59.3 Å². The summed E-state index contributed by atoms with van der Waals surface area (Å²) in [7, 11) is 0. The molecule has 14 heteroatoms. The Morgan fingerprint density at radius 2 is 1.50 bits per heavy atom. The molecule has 3 rings (SSSR count). The highest BCUT2D eigenvalue weighted by Crippen LogP contribution is 2.32. The fraction of sp³-hybridized carbons (Fsp3) is 0.533. The molecule has 1 aromatic rings. The molecule has 0 bridgehead atoms. The van der Waals surface area contributed by atoms with Gasteiger partial charge < -0.3 is 29.0 Å². The number of fused-ring (bicyclic) bond motifs is 1. The summed E-state index contributed by atoms with van der Waals surface area (Å²) in [5.41, 5.74) is 0.372. The standard InChI is InChI=1S/C30H39N3O11/c1-2-26(36)44-20-19-43-18-17-42-16-15-41-14-13-40-12-5-3-4-9-24(34)31-22-8-6-7-21-27(22)30(39)33(29(21)38)23-10-11-25(35)32-28(23)37/h2,6-8,23H,1,3-5,9-20H2,(H,31,34)(H,32,35,37). The predicted molar refractivity (Wildman–Crippen MR) is 155 cm³/mol. The Balaban J connectivity index is 1.21. The first-order chi connectivity index (χ1) is 21.3. The second kappa shape index (κ2) is 18.6. The molecule has 1 unspecified atom stereocenters. The Morgan fingerprint density at radius 3 is 2.14 bits per heavy atom. The van der Waals surface area contributed by atoms with Crippen molar-refractivity contribution in [2.75, 3.05) is 64.8 Å². The molecule has 0 aliphatic carbocycles. The van der Waals surface area contributed by atoms with Crippen molar-refractivity contribution in [3.8, 4) is 0 Å². The molecule has 1 aromatic carbocycles. The van der Waals surface area contributed by atoms with Crippen LogP contribution in [0.5, 0.6) is 0 Å². The van der Waals surface area contributed by atoms with Gasteiger partial charge in [0.05, 0.1) is 63.1 Å². The van der Waals surface area contributed by atoms with Crippen LogP contribution in [-0.2, 0) is 42.9 Å². The van der Waals surface area contributed by atoms with Gasteiger partial charge in [0.2, 0.25) is 17.7 Å². The smallest absolute Gasteiger partial charge is 0.330 e. The predicted octanol–water partition coefficient (Wildman–Crippen LogP) is 1.38. The number of imide groups is 2. The Morgan fingerprint density at radius 1 is 0.864 bits per heavy atom. The molecule has 5 amide bonds. The van der Waals surface area contributed by atoms with Crippen LogP contribution >= 0.6 is 0 Å². The number of nitrogens with zero attached hydrogens (tertiary/aromatic N) is 1. The average Bonchev–Trinajstić information content (AvgIpc) is 3.26. The van der Waals surface area contributed by atoms with E-state index in [1.54, 1.807) is 12.1 Å². The highest BCUT2D eigenvalue weighted by Gasteiger charge is 2.45. The van der Waals surface area contributed by atoms with Gasteiger partial charge in [0.15, 0.2) is 0 Å². The molecule has 14 nitrogen and oxygen atoms in total. The van der Waals surface area contributed by atoms with Crippen LogP contribution in [0.25, 0.3) is 0 Å². The van der Waals surface area contributed by atoms with Crippen LogP contribution in [0.15, 0.2) is 30.9 Å². The molecule has 2 N–H and O–H groups in total. The molecule has 0 saturated carbocycles. The zero-order valence-electron chi connectivity index (χ0n) is 24.6. The van der Waals surface area contributed by atoms with E-state index in [2.05, 4.69) is 17.2 Å². The van der Waals surface area contributed by atoms with E-state index in [1.165, 1.54) is 6.07 Å². The molecule has 44 heavy (non-hydrogen) atoms. The van der Waals surface area contributed by atoms with Crippen molar-refractivity contribution in [1.82, 2.24) is 10.2 Å². The Hall–Kier alpha value is -3.98. The number of ether oxygens (including phenoxy) is 5. The Labute approximate surface area is 255 Å². The summed E-state index contributed by atoms with van der Waals surface area (Å²) in [4.78, 5) is 74.1. The van der Waals surface area contributed by atoms with Crippen LogP contribution in [0.4, 0.5) is 5.69 Å². The molecular formula is C30H39N3O11. The Bertz CT molecular complexity index is 1200. The lowest BCUT2D eigenvalue weighted by atomic mass is 10.0. The topological polar surface area (TPSA) is 176 Å². The second-order valence-corrected chi connectivity index (χ2v) is 9.86. The van der Waals surface area contributed by atoms with Crippen LogP contribution in [0, 0.1) is 0 Å². The first-order valence-electron chi connectivity index (χ1n) is 14.6. The zero-order valence-corrected chi connectivity index (χ0v) is 24.6. The number of hydrogen-bond acceptors (Lipinski definition) is 11. The number of piperidine rings is 1. The maximum absolute atomic E-state index is 13.1. The van der Waals surface area contributed by atoms with E-state index in [0.717, 1.165) is 23.8 Å². The van der Waals surface area contributed by atoms with Gasteiger partial charge in [0.1, 0.15) is 12.6 Å². The summed E-state index contributed by atoms with van der Waals surface area (Å²) < 4.78 is 26.4. The largest absolute Gasteiger partial charge is 0.460 e. The average molecular weight is 618 g/mol. The van der Waals surface area contributed by atoms with Gasteiger partial charge in [-0.3, -0.25) is 34.2 Å². The van der Waals surface area contributed by atoms with Crippen LogP contribution in [0.1, 0.15) is 59.2 Å². The summed E-state index contributed by atoms with van der Waals surface area (Å²) >= 11 is 0. The minimum Gasteiger partial charge on any atom is -0.460 e. The third-order valence-corrected chi connectivity index (χ3v) is 6.69. The van der Waals surface area contributed by atoms with Crippen molar-refractivity contribution in [1.29, 1.82) is 0 Å². The molecule has 2 heterocycles. The van der Waals surface area contributed by atoms with Crippen molar-refractivity contribution >= 4 is 41.2 Å². The van der Waals surface area contributed by atoms with Gasteiger partial charge in [0, 0.05) is 25.5 Å². The molecule has 1 fully saturated rings. The lowest BCUT2D eigenvalue weighted by molar-refractivity contribution is -0.139. The van der Waals surface area contributed by atoms with Gasteiger partial charge in [-0.2, -0.15) is 0 Å². The van der Waals surface area contributed by atoms with Crippen LogP contribution in [0.3, 0.4) is 0 Å². The monoisotopic (exact) mass is 617 g/mol. The summed E-state index contributed by atoms with van der Waals surface area (Å²) in [6, 6.07) is 3.51. The first kappa shape index (κ1) is 34.5. The number of nitrogens with one attached hydrogen (secondary N) is 2. The number of benzene rings is 1. The van der Waals surface area contributed by atoms with Crippen molar-refractivity contribution in [2.24, 2.45) is 0 Å². The van der Waals surface area contributed by atoms with Crippen molar-refractivity contribution < 1.29 is 52.5 Å². The summed E-state index contributed by atoms with van der Waals surface area (Å²) in [6.07, 6.45) is 3.53. The van der Waals surface area contributed by atoms with Crippen LogP contribution in [-0.4, -0.2) is 106 Å². The molecule has 2 aliphatic rings. The molecule has 1 atom stereocenters. The minimum atomic E-state index is -1.07. The molecule has 0 radical (unpaired) electrons. The van der Waals surface area contributed by atoms with Gasteiger partial charge in [-0.05, 0) is 31.4 Å². The summed E-state index contributed by atoms with van der Waals surface area (Å²) in [5, 5.41) is 4.88. The number of esters is 1. The van der Waals surface area contributed by atoms with E-state index >= 15 is 0 Å². The fourth-order valence-electron chi connectivity index (χ4n) is 4.52. The van der Waals surface area contributed by atoms with Gasteiger partial charge in [-0.15, -0.1) is 0 Å². The van der Waals surface area contributed by atoms with Crippen molar-refractivity contribution in [2.45, 2.75) is 44.6 Å². The molecule has 0 aromatic heterocycles. The molecule has 2 aliphatic heterocycles. The van der Waals surface area contributed by atoms with Crippen LogP contribution in [0.2, 0.25) is 0 Å². The van der Waals surface area contributed by atoms with Crippen molar-refractivity contribution in [3.63, 3.8) is 0 Å². The van der Waals surface area contributed by atoms with Gasteiger partial charge >= 0.3 is 5.97 Å². The van der Waals surface area contributed by atoms with Gasteiger partial charge in [0.25, 0.3) is 11.8 Å². The highest BCUT2D eigenvalue weighted by atomic mass is 16.6. The second-order valence-electron chi connectivity index (χ2n) is 9.86. The lowest BCUT2D eigenvalue weighted by Gasteiger charge is -2.27. The van der Waals surface area contributed by atoms with E-state index in [1.807, 2.05) is 0 Å². The molecule has 240 valence electrons. The van der Waals surface area contributed by atoms with E-state index < -0.39 is 35.6 Å². The van der Waals surface area contributed by atoms with Crippen LogP contribution < -0.4 is 10.6 Å². The fourth-order valence-corrected chi connectivity index (χ4v) is 4.52. The Kier molecular flexibility index (Phi) is 14.6. The number of carbonyl (C=O) groups is 6. The number of unbranched alkanes of at least 4 members (excludes halogenated alkanes) is 2. The number of hydrogen-bond donors (Lipinski definition) is 2. The van der Waals surface area contributed by atoms with Gasteiger partial charge in [-0.25, -0.2) is 4.79 Å². The number of carbonyl (C=O) groups excluding carboxylic acids is 6. The minimum absolute atomic E-state index is 0.0281. The number of rotatable bonds is 21. The lowest BCUT2D eigenvalue weighted by Crippen LogP contribution is -2.54. The summed E-state index contributed by atoms with van der Waals surface area (Å²) in [6.45, 7) is 6.80. The van der Waals surface area contributed by atoms with Crippen molar-refractivity contribution in [3.05, 3.63) is 42.0 Å². The molecule has 0 spiro atoms. The third kappa shape index (κ3) is 10.6. The zero-order chi connectivity index (χ0) is 31.7. The number of amides is 5. The SMILES string of the molecule is C=CC(=O)OCCOCCOCCOCCOCCCCCC(=O)Nc1cccc2c1C(=O)N(C1CCC(=O)NC1=O)C2=O. The maximum Gasteiger partial charge on any atom is 0.330 e. The first-order valence-corrected chi connectivity index (χ1v) is 14.6. The highest BCUT2D eigenvalue weighted by molar-refractivity contribution is 6.26.